The Hall–Kier alpha value is -3.55. The predicted octanol–water partition coefficient (Wildman–Crippen LogP) is 1.90. The summed E-state index contributed by atoms with van der Waals surface area (Å²) in [4.78, 5) is 39.2. The van der Waals surface area contributed by atoms with Gasteiger partial charge in [-0.05, 0) is 23.6 Å². The summed E-state index contributed by atoms with van der Waals surface area (Å²) in [5, 5.41) is 2.81. The highest BCUT2D eigenvalue weighted by atomic mass is 16.1. The summed E-state index contributed by atoms with van der Waals surface area (Å²) in [6, 6.07) is 8.34. The number of anilines is 1. The van der Waals surface area contributed by atoms with E-state index >= 15 is 0 Å². The molecule has 0 saturated heterocycles. The Labute approximate surface area is 162 Å². The molecule has 0 bridgehead atoms. The number of nitrogens with one attached hydrogen (secondary N) is 2. The molecule has 0 aliphatic heterocycles. The molecule has 1 amide bonds. The van der Waals surface area contributed by atoms with Crippen LogP contribution in [0.15, 0.2) is 47.5 Å². The SMILES string of the molecule is CC(C)c1cnc(-c2cccc(C(=O)NCCc3nc(N)cc(=O)[nH]3)c2)nc1. The molecule has 28 heavy (non-hydrogen) atoms. The minimum atomic E-state index is -0.315. The van der Waals surface area contributed by atoms with Crippen LogP contribution in [0.5, 0.6) is 0 Å². The fourth-order valence-electron chi connectivity index (χ4n) is 2.63. The van der Waals surface area contributed by atoms with Crippen LogP contribution in [0.25, 0.3) is 11.4 Å². The van der Waals surface area contributed by atoms with Crippen molar-refractivity contribution in [3.63, 3.8) is 0 Å². The molecule has 2 heterocycles. The van der Waals surface area contributed by atoms with Gasteiger partial charge < -0.3 is 16.0 Å². The lowest BCUT2D eigenvalue weighted by atomic mass is 10.1. The summed E-state index contributed by atoms with van der Waals surface area (Å²) >= 11 is 0. The number of hydrogen-bond acceptors (Lipinski definition) is 6. The van der Waals surface area contributed by atoms with Gasteiger partial charge in [-0.1, -0.05) is 26.0 Å². The Kier molecular flexibility index (Phi) is 5.78. The zero-order valence-electron chi connectivity index (χ0n) is 15.8. The van der Waals surface area contributed by atoms with Crippen LogP contribution in [0.1, 0.15) is 41.5 Å². The van der Waals surface area contributed by atoms with Gasteiger partial charge in [0.05, 0.1) is 0 Å². The van der Waals surface area contributed by atoms with E-state index in [1.165, 1.54) is 6.07 Å². The van der Waals surface area contributed by atoms with Crippen LogP contribution < -0.4 is 16.6 Å². The molecular formula is C20H22N6O2. The normalized spacial score (nSPS) is 10.8. The summed E-state index contributed by atoms with van der Waals surface area (Å²) in [5.41, 5.74) is 7.57. The van der Waals surface area contributed by atoms with Gasteiger partial charge >= 0.3 is 0 Å². The second kappa shape index (κ2) is 8.43. The topological polar surface area (TPSA) is 127 Å². The number of nitrogens with zero attached hydrogens (tertiary/aromatic N) is 3. The van der Waals surface area contributed by atoms with E-state index < -0.39 is 0 Å². The molecule has 3 aromatic rings. The summed E-state index contributed by atoms with van der Waals surface area (Å²) < 4.78 is 0. The molecule has 0 atom stereocenters. The fraction of sp³-hybridized carbons (Fsp3) is 0.250. The number of H-pyrrole nitrogens is 1. The molecule has 0 aliphatic rings. The summed E-state index contributed by atoms with van der Waals surface area (Å²) in [6.45, 7) is 4.48. The third-order valence-electron chi connectivity index (χ3n) is 4.18. The van der Waals surface area contributed by atoms with Crippen LogP contribution >= 0.6 is 0 Å². The predicted molar refractivity (Wildman–Crippen MR) is 107 cm³/mol. The van der Waals surface area contributed by atoms with Gasteiger partial charge in [-0.2, -0.15) is 0 Å². The van der Waals surface area contributed by atoms with Gasteiger partial charge in [0.25, 0.3) is 11.5 Å². The average molecular weight is 378 g/mol. The van der Waals surface area contributed by atoms with Crippen molar-refractivity contribution in [2.24, 2.45) is 0 Å². The van der Waals surface area contributed by atoms with Crippen LogP contribution in [-0.2, 0) is 6.42 Å². The van der Waals surface area contributed by atoms with E-state index in [1.54, 1.807) is 30.6 Å². The van der Waals surface area contributed by atoms with Crippen LogP contribution in [0.4, 0.5) is 5.82 Å². The quantitative estimate of drug-likeness (QED) is 0.601. The lowest BCUT2D eigenvalue weighted by molar-refractivity contribution is 0.0954. The zero-order valence-corrected chi connectivity index (χ0v) is 15.8. The molecule has 2 aromatic heterocycles. The van der Waals surface area contributed by atoms with Gasteiger partial charge in [-0.15, -0.1) is 0 Å². The van der Waals surface area contributed by atoms with E-state index in [0.717, 1.165) is 11.1 Å². The van der Waals surface area contributed by atoms with E-state index in [0.29, 0.717) is 36.1 Å². The number of nitrogen functional groups attached to an aromatic ring is 1. The van der Waals surface area contributed by atoms with E-state index in [9.17, 15) is 9.59 Å². The molecule has 1 aromatic carbocycles. The number of amides is 1. The summed E-state index contributed by atoms with van der Waals surface area (Å²) in [5.74, 6) is 1.28. The maximum Gasteiger partial charge on any atom is 0.252 e. The first kappa shape index (κ1) is 19.2. The van der Waals surface area contributed by atoms with E-state index in [4.69, 9.17) is 5.73 Å². The monoisotopic (exact) mass is 378 g/mol. The molecule has 3 rings (SSSR count). The number of carbonyl (C=O) groups is 1. The molecule has 144 valence electrons. The number of aromatic amines is 1. The van der Waals surface area contributed by atoms with Gasteiger partial charge in [0.2, 0.25) is 0 Å². The Morgan fingerprint density at radius 2 is 1.96 bits per heavy atom. The van der Waals surface area contributed by atoms with Gasteiger partial charge in [-0.3, -0.25) is 9.59 Å². The van der Waals surface area contributed by atoms with Gasteiger partial charge in [0, 0.05) is 42.6 Å². The summed E-state index contributed by atoms with van der Waals surface area (Å²) in [7, 11) is 0. The summed E-state index contributed by atoms with van der Waals surface area (Å²) in [6.07, 6.45) is 3.98. The third kappa shape index (κ3) is 4.79. The van der Waals surface area contributed by atoms with Crippen molar-refractivity contribution in [3.05, 3.63) is 70.0 Å². The van der Waals surface area contributed by atoms with Crippen molar-refractivity contribution in [1.82, 2.24) is 25.3 Å². The molecule has 0 saturated carbocycles. The van der Waals surface area contributed by atoms with E-state index in [1.807, 2.05) is 6.07 Å². The number of rotatable bonds is 6. The molecule has 0 spiro atoms. The first-order valence-corrected chi connectivity index (χ1v) is 8.98. The Bertz CT molecular complexity index is 1030. The molecule has 8 heteroatoms. The van der Waals surface area contributed by atoms with Crippen LogP contribution in [0, 0.1) is 0 Å². The van der Waals surface area contributed by atoms with Crippen molar-refractivity contribution in [3.8, 4) is 11.4 Å². The first-order chi connectivity index (χ1) is 13.4. The highest BCUT2D eigenvalue weighted by molar-refractivity contribution is 5.95. The first-order valence-electron chi connectivity index (χ1n) is 8.98. The maximum atomic E-state index is 12.4. The number of hydrogen-bond donors (Lipinski definition) is 3. The van der Waals surface area contributed by atoms with E-state index in [-0.39, 0.29) is 17.3 Å². The third-order valence-corrected chi connectivity index (χ3v) is 4.18. The standard InChI is InChI=1S/C20H22N6O2/c1-12(2)15-10-23-19(24-11-15)13-4-3-5-14(8-13)20(28)22-7-6-17-25-16(21)9-18(27)26-17/h3-5,8-12H,6-7H2,1-2H3,(H,22,28)(H3,21,25,26,27). The molecule has 4 N–H and O–H groups in total. The van der Waals surface area contributed by atoms with Crippen molar-refractivity contribution >= 4 is 11.7 Å². The number of benzene rings is 1. The molecule has 8 nitrogen and oxygen atoms in total. The minimum absolute atomic E-state index is 0.154. The van der Waals surface area contributed by atoms with Gasteiger partial charge in [0.1, 0.15) is 11.6 Å². The molecule has 0 unspecified atom stereocenters. The highest BCUT2D eigenvalue weighted by Gasteiger charge is 2.09. The Balaban J connectivity index is 1.65. The highest BCUT2D eigenvalue weighted by Crippen LogP contribution is 2.18. The average Bonchev–Trinajstić information content (AvgIpc) is 2.67. The van der Waals surface area contributed by atoms with Crippen molar-refractivity contribution < 1.29 is 4.79 Å². The largest absolute Gasteiger partial charge is 0.383 e. The van der Waals surface area contributed by atoms with Crippen molar-refractivity contribution in [2.75, 3.05) is 12.3 Å². The van der Waals surface area contributed by atoms with Crippen molar-refractivity contribution in [2.45, 2.75) is 26.2 Å². The van der Waals surface area contributed by atoms with Crippen LogP contribution in [0.2, 0.25) is 0 Å². The minimum Gasteiger partial charge on any atom is -0.383 e. The smallest absolute Gasteiger partial charge is 0.252 e. The molecule has 0 fully saturated rings. The maximum absolute atomic E-state index is 12.4. The van der Waals surface area contributed by atoms with Crippen molar-refractivity contribution in [1.29, 1.82) is 0 Å². The molecular weight excluding hydrogens is 356 g/mol. The molecule has 0 aliphatic carbocycles. The number of nitrogens with two attached hydrogens (primary N) is 1. The Morgan fingerprint density at radius 3 is 2.64 bits per heavy atom. The fourth-order valence-corrected chi connectivity index (χ4v) is 2.63. The van der Waals surface area contributed by atoms with Gasteiger partial charge in [0.15, 0.2) is 5.82 Å². The zero-order chi connectivity index (χ0) is 20.1. The van der Waals surface area contributed by atoms with Gasteiger partial charge in [-0.25, -0.2) is 15.0 Å². The number of aromatic nitrogens is 4. The van der Waals surface area contributed by atoms with Crippen LogP contribution in [0.3, 0.4) is 0 Å². The molecule has 0 radical (unpaired) electrons. The van der Waals surface area contributed by atoms with E-state index in [2.05, 4.69) is 39.1 Å². The lowest BCUT2D eigenvalue weighted by Gasteiger charge is -2.08. The number of carbonyl (C=O) groups excluding carboxylic acids is 1. The second-order valence-corrected chi connectivity index (χ2v) is 6.70. The van der Waals surface area contributed by atoms with Crippen LogP contribution in [-0.4, -0.2) is 32.4 Å². The second-order valence-electron chi connectivity index (χ2n) is 6.70. The Morgan fingerprint density at radius 1 is 1.21 bits per heavy atom. The lowest BCUT2D eigenvalue weighted by Crippen LogP contribution is -2.27.